The van der Waals surface area contributed by atoms with E-state index in [0.717, 1.165) is 13.1 Å². The van der Waals surface area contributed by atoms with Crippen molar-refractivity contribution in [1.29, 1.82) is 0 Å². The largest absolute Gasteiger partial charge is 0.444 e. The molecular formula is C15H30N2O2. The quantitative estimate of drug-likeness (QED) is 0.826. The zero-order valence-electron chi connectivity index (χ0n) is 13.1. The van der Waals surface area contributed by atoms with E-state index in [9.17, 15) is 4.79 Å². The highest BCUT2D eigenvalue weighted by molar-refractivity contribution is 5.67. The van der Waals surface area contributed by atoms with E-state index in [0.29, 0.717) is 24.3 Å². The van der Waals surface area contributed by atoms with Crippen LogP contribution in [0.15, 0.2) is 0 Å². The third kappa shape index (κ3) is 6.81. The minimum absolute atomic E-state index is 0.304. The Kier molecular flexibility index (Phi) is 6.11. The van der Waals surface area contributed by atoms with Crippen molar-refractivity contribution in [2.45, 2.75) is 53.1 Å². The van der Waals surface area contributed by atoms with E-state index < -0.39 is 5.60 Å². The molecule has 1 heterocycles. The van der Waals surface area contributed by atoms with E-state index in [-0.39, 0.29) is 6.09 Å². The average molecular weight is 270 g/mol. The van der Waals surface area contributed by atoms with Gasteiger partial charge in [0.25, 0.3) is 0 Å². The highest BCUT2D eigenvalue weighted by Crippen LogP contribution is 2.25. The van der Waals surface area contributed by atoms with Gasteiger partial charge in [-0.3, -0.25) is 0 Å². The third-order valence-corrected chi connectivity index (χ3v) is 3.45. The van der Waals surface area contributed by atoms with Gasteiger partial charge < -0.3 is 15.4 Å². The van der Waals surface area contributed by atoms with Crippen LogP contribution in [0.3, 0.4) is 0 Å². The van der Waals surface area contributed by atoms with Crippen LogP contribution in [-0.4, -0.2) is 31.3 Å². The monoisotopic (exact) mass is 270 g/mol. The predicted molar refractivity (Wildman–Crippen MR) is 78.2 cm³/mol. The molecule has 19 heavy (non-hydrogen) atoms. The number of carbonyl (C=O) groups is 1. The molecule has 0 bridgehead atoms. The molecule has 1 fully saturated rings. The Morgan fingerprint density at radius 2 is 2.05 bits per heavy atom. The summed E-state index contributed by atoms with van der Waals surface area (Å²) < 4.78 is 5.27. The zero-order chi connectivity index (χ0) is 14.5. The number of alkyl carbamates (subject to hydrolysis) is 1. The fraction of sp³-hybridized carbons (Fsp3) is 0.933. The van der Waals surface area contributed by atoms with Crippen LogP contribution in [0.2, 0.25) is 0 Å². The number of hydrogen-bond acceptors (Lipinski definition) is 3. The maximum Gasteiger partial charge on any atom is 0.407 e. The summed E-state index contributed by atoms with van der Waals surface area (Å²) in [6, 6.07) is 0. The summed E-state index contributed by atoms with van der Waals surface area (Å²) in [6.07, 6.45) is 2.14. The Morgan fingerprint density at radius 1 is 1.37 bits per heavy atom. The molecule has 1 aliphatic rings. The molecule has 1 rings (SSSR count). The minimum Gasteiger partial charge on any atom is -0.444 e. The molecule has 0 spiro atoms. The molecule has 0 aromatic heterocycles. The number of carbonyl (C=O) groups excluding carboxylic acids is 1. The van der Waals surface area contributed by atoms with Crippen molar-refractivity contribution in [2.24, 2.45) is 17.8 Å². The lowest BCUT2D eigenvalue weighted by molar-refractivity contribution is 0.0507. The van der Waals surface area contributed by atoms with Crippen molar-refractivity contribution in [2.75, 3.05) is 19.6 Å². The fourth-order valence-corrected chi connectivity index (χ4v) is 2.66. The van der Waals surface area contributed by atoms with Crippen LogP contribution in [0.4, 0.5) is 4.79 Å². The van der Waals surface area contributed by atoms with Crippen molar-refractivity contribution in [3.63, 3.8) is 0 Å². The van der Waals surface area contributed by atoms with Crippen LogP contribution in [0.1, 0.15) is 47.5 Å². The Labute approximate surface area is 117 Å². The molecule has 112 valence electrons. The number of piperidine rings is 1. The first-order valence-electron chi connectivity index (χ1n) is 7.45. The summed E-state index contributed by atoms with van der Waals surface area (Å²) in [5.74, 6) is 1.94. The molecule has 1 saturated heterocycles. The van der Waals surface area contributed by atoms with Crippen LogP contribution in [0, 0.1) is 17.8 Å². The molecule has 4 nitrogen and oxygen atoms in total. The molecule has 1 aliphatic heterocycles. The molecule has 0 aliphatic carbocycles. The van der Waals surface area contributed by atoms with Gasteiger partial charge in [0.1, 0.15) is 5.60 Å². The average Bonchev–Trinajstić information content (AvgIpc) is 2.24. The van der Waals surface area contributed by atoms with E-state index >= 15 is 0 Å². The molecule has 2 atom stereocenters. The summed E-state index contributed by atoms with van der Waals surface area (Å²) >= 11 is 0. The van der Waals surface area contributed by atoms with E-state index in [1.165, 1.54) is 12.8 Å². The van der Waals surface area contributed by atoms with Gasteiger partial charge in [-0.05, 0) is 64.5 Å². The number of ether oxygens (including phenoxy) is 1. The van der Waals surface area contributed by atoms with Crippen molar-refractivity contribution in [3.8, 4) is 0 Å². The molecule has 0 radical (unpaired) electrons. The second-order valence-corrected chi connectivity index (χ2v) is 7.03. The molecule has 1 amide bonds. The molecule has 2 N–H and O–H groups in total. The van der Waals surface area contributed by atoms with Gasteiger partial charge >= 0.3 is 6.09 Å². The summed E-state index contributed by atoms with van der Waals surface area (Å²) in [5, 5.41) is 6.33. The number of rotatable bonds is 4. The van der Waals surface area contributed by atoms with Crippen molar-refractivity contribution >= 4 is 6.09 Å². The van der Waals surface area contributed by atoms with Gasteiger partial charge in [-0.1, -0.05) is 13.8 Å². The first kappa shape index (κ1) is 16.3. The molecule has 0 aromatic carbocycles. The Morgan fingerprint density at radius 3 is 2.63 bits per heavy atom. The van der Waals surface area contributed by atoms with E-state index in [1.807, 2.05) is 20.8 Å². The van der Waals surface area contributed by atoms with E-state index in [1.54, 1.807) is 0 Å². The summed E-state index contributed by atoms with van der Waals surface area (Å²) in [6.45, 7) is 13.0. The SMILES string of the molecule is CC(C)CC1CCNCC1CNC(=O)OC(C)(C)C. The maximum absolute atomic E-state index is 11.7. The maximum atomic E-state index is 11.7. The lowest BCUT2D eigenvalue weighted by Gasteiger charge is -2.33. The first-order chi connectivity index (χ1) is 8.78. The molecule has 0 saturated carbocycles. The van der Waals surface area contributed by atoms with Crippen molar-refractivity contribution in [3.05, 3.63) is 0 Å². The van der Waals surface area contributed by atoms with Crippen LogP contribution in [0.25, 0.3) is 0 Å². The smallest absolute Gasteiger partial charge is 0.407 e. The summed E-state index contributed by atoms with van der Waals surface area (Å²) in [7, 11) is 0. The third-order valence-electron chi connectivity index (χ3n) is 3.45. The molecule has 2 unspecified atom stereocenters. The topological polar surface area (TPSA) is 50.4 Å². The number of hydrogen-bond donors (Lipinski definition) is 2. The fourth-order valence-electron chi connectivity index (χ4n) is 2.66. The van der Waals surface area contributed by atoms with Crippen LogP contribution in [0.5, 0.6) is 0 Å². The van der Waals surface area contributed by atoms with Crippen molar-refractivity contribution in [1.82, 2.24) is 10.6 Å². The second kappa shape index (κ2) is 7.13. The number of amides is 1. The van der Waals surface area contributed by atoms with Gasteiger partial charge in [0.05, 0.1) is 0 Å². The highest BCUT2D eigenvalue weighted by atomic mass is 16.6. The summed E-state index contributed by atoms with van der Waals surface area (Å²) in [5.41, 5.74) is -0.424. The van der Waals surface area contributed by atoms with Gasteiger partial charge in [0.15, 0.2) is 0 Å². The van der Waals surface area contributed by atoms with Gasteiger partial charge in [0.2, 0.25) is 0 Å². The lowest BCUT2D eigenvalue weighted by Crippen LogP contribution is -2.44. The van der Waals surface area contributed by atoms with Crippen LogP contribution in [-0.2, 0) is 4.74 Å². The minimum atomic E-state index is -0.424. The van der Waals surface area contributed by atoms with E-state index in [4.69, 9.17) is 4.74 Å². The summed E-state index contributed by atoms with van der Waals surface area (Å²) in [4.78, 5) is 11.7. The van der Waals surface area contributed by atoms with Crippen LogP contribution >= 0.6 is 0 Å². The van der Waals surface area contributed by atoms with E-state index in [2.05, 4.69) is 24.5 Å². The lowest BCUT2D eigenvalue weighted by atomic mass is 9.81. The predicted octanol–water partition coefficient (Wildman–Crippen LogP) is 2.78. The standard InChI is InChI=1S/C15H30N2O2/c1-11(2)8-12-6-7-16-9-13(12)10-17-14(18)19-15(3,4)5/h11-13,16H,6-10H2,1-5H3,(H,17,18). The van der Waals surface area contributed by atoms with Crippen LogP contribution < -0.4 is 10.6 Å². The highest BCUT2D eigenvalue weighted by Gasteiger charge is 2.26. The molecular weight excluding hydrogens is 240 g/mol. The Hall–Kier alpha value is -0.770. The first-order valence-corrected chi connectivity index (χ1v) is 7.45. The molecule has 4 heteroatoms. The van der Waals surface area contributed by atoms with Gasteiger partial charge in [-0.15, -0.1) is 0 Å². The Bertz CT molecular complexity index is 284. The van der Waals surface area contributed by atoms with Gasteiger partial charge in [-0.2, -0.15) is 0 Å². The second-order valence-electron chi connectivity index (χ2n) is 7.03. The number of nitrogens with one attached hydrogen (secondary N) is 2. The van der Waals surface area contributed by atoms with Crippen molar-refractivity contribution < 1.29 is 9.53 Å². The zero-order valence-corrected chi connectivity index (χ0v) is 13.1. The normalized spacial score (nSPS) is 24.3. The van der Waals surface area contributed by atoms with Gasteiger partial charge in [0, 0.05) is 6.54 Å². The van der Waals surface area contributed by atoms with Gasteiger partial charge in [-0.25, -0.2) is 4.79 Å². The molecule has 0 aromatic rings. The Balaban J connectivity index is 2.38.